The van der Waals surface area contributed by atoms with Crippen LogP contribution in [0, 0.1) is 20.4 Å². The first kappa shape index (κ1) is 11.5. The Morgan fingerprint density at radius 2 is 1.94 bits per heavy atom. The summed E-state index contributed by atoms with van der Waals surface area (Å²) in [5, 5.41) is 8.96. The smallest absolute Gasteiger partial charge is 0.272 e. The second-order valence-corrected chi connectivity index (χ2v) is 6.27. The van der Waals surface area contributed by atoms with Crippen molar-refractivity contribution in [2.75, 3.05) is 0 Å². The summed E-state index contributed by atoms with van der Waals surface area (Å²) in [7, 11) is 0. The van der Waals surface area contributed by atoms with Gasteiger partial charge in [-0.2, -0.15) is 9.64 Å². The van der Waals surface area contributed by atoms with Crippen molar-refractivity contribution in [1.29, 1.82) is 5.26 Å². The van der Waals surface area contributed by atoms with E-state index in [1.165, 1.54) is 27.2 Å². The zero-order valence-electron chi connectivity index (χ0n) is 9.09. The Morgan fingerprint density at radius 3 is 2.56 bits per heavy atom. The Balaban J connectivity index is 2.63. The summed E-state index contributed by atoms with van der Waals surface area (Å²) < 4.78 is 6.92. The van der Waals surface area contributed by atoms with Crippen molar-refractivity contribution in [3.8, 4) is 6.07 Å². The fourth-order valence-electron chi connectivity index (χ4n) is 1.69. The van der Waals surface area contributed by atoms with Gasteiger partial charge in [0.25, 0.3) is 11.1 Å². The summed E-state index contributed by atoms with van der Waals surface area (Å²) >= 11 is 3.48. The van der Waals surface area contributed by atoms with Gasteiger partial charge in [-0.05, 0) is 18.5 Å². The van der Waals surface area contributed by atoms with E-state index in [1.54, 1.807) is 6.92 Å². The van der Waals surface area contributed by atoms with Crippen molar-refractivity contribution in [3.05, 3.63) is 34.6 Å². The minimum atomic E-state index is -0.268. The Hall–Kier alpha value is -1.56. The van der Waals surface area contributed by atoms with Crippen molar-refractivity contribution >= 4 is 43.7 Å². The van der Waals surface area contributed by atoms with Gasteiger partial charge >= 0.3 is 0 Å². The number of aromatic nitrogens is 2. The van der Waals surface area contributed by atoms with E-state index in [4.69, 9.17) is 5.26 Å². The molecule has 0 fully saturated rings. The van der Waals surface area contributed by atoms with E-state index in [9.17, 15) is 9.59 Å². The average molecular weight is 295 g/mol. The molecule has 3 heterocycles. The van der Waals surface area contributed by atoms with Gasteiger partial charge in [-0.15, -0.1) is 22.7 Å². The van der Waals surface area contributed by atoms with Gasteiger partial charge in [-0.25, -0.2) is 0 Å². The van der Waals surface area contributed by atoms with E-state index < -0.39 is 0 Å². The Bertz CT molecular complexity index is 969. The molecule has 0 N–H and O–H groups in total. The second-order valence-electron chi connectivity index (χ2n) is 3.47. The van der Waals surface area contributed by atoms with Crippen LogP contribution in [0.25, 0.3) is 9.53 Å². The molecule has 18 heavy (non-hydrogen) atoms. The van der Waals surface area contributed by atoms with E-state index in [-0.39, 0.29) is 11.1 Å². The topological polar surface area (TPSA) is 75.8 Å². The number of hydrogen-bond acceptors (Lipinski definition) is 7. The quantitative estimate of drug-likeness (QED) is 0.682. The van der Waals surface area contributed by atoms with Crippen LogP contribution in [0.5, 0.6) is 0 Å². The molecule has 0 bridgehead atoms. The average Bonchev–Trinajstić information content (AvgIpc) is 2.88. The van der Waals surface area contributed by atoms with Gasteiger partial charge in [-0.1, -0.05) is 0 Å². The lowest BCUT2D eigenvalue weighted by Crippen LogP contribution is -2.24. The molecule has 3 rings (SSSR count). The molecule has 0 amide bonds. The maximum absolute atomic E-state index is 12.0. The standard InChI is InChI=1S/C10H5N3O2S3/c1-2-13-9(14)6-7(10(13)15)17-8-5(16-6)4(3-11)18-12-8/h2H2,1H3. The predicted octanol–water partition coefficient (Wildman–Crippen LogP) is 1.56. The lowest BCUT2D eigenvalue weighted by Gasteiger charge is -1.88. The molecule has 5 nitrogen and oxygen atoms in total. The molecule has 0 atom stereocenters. The number of nitrogens with zero attached hydrogens (tertiary/aromatic N) is 3. The number of fused-ring (bicyclic) bond motifs is 1. The third-order valence-corrected chi connectivity index (χ3v) is 6.04. The summed E-state index contributed by atoms with van der Waals surface area (Å²) in [5.41, 5.74) is -0.525. The highest BCUT2D eigenvalue weighted by Crippen LogP contribution is 2.28. The fourth-order valence-corrected chi connectivity index (χ4v) is 4.92. The predicted molar refractivity (Wildman–Crippen MR) is 71.6 cm³/mol. The van der Waals surface area contributed by atoms with E-state index in [1.807, 2.05) is 0 Å². The second kappa shape index (κ2) is 3.98. The molecule has 90 valence electrons. The highest BCUT2D eigenvalue weighted by molar-refractivity contribution is 7.29. The maximum Gasteiger partial charge on any atom is 0.272 e. The van der Waals surface area contributed by atoms with Gasteiger partial charge in [0.05, 0.1) is 4.70 Å². The van der Waals surface area contributed by atoms with E-state index in [2.05, 4.69) is 10.4 Å². The first-order chi connectivity index (χ1) is 8.67. The highest BCUT2D eigenvalue weighted by Gasteiger charge is 2.14. The van der Waals surface area contributed by atoms with Gasteiger partial charge in [-0.3, -0.25) is 14.2 Å². The third-order valence-electron chi connectivity index (χ3n) is 2.53. The first-order valence-corrected chi connectivity index (χ1v) is 7.44. The molecule has 0 aliphatic carbocycles. The molecule has 8 heteroatoms. The zero-order chi connectivity index (χ0) is 12.9. The van der Waals surface area contributed by atoms with Crippen molar-refractivity contribution in [3.63, 3.8) is 0 Å². The monoisotopic (exact) mass is 295 g/mol. The van der Waals surface area contributed by atoms with Crippen molar-refractivity contribution in [2.24, 2.45) is 0 Å². The first-order valence-electron chi connectivity index (χ1n) is 5.03. The van der Waals surface area contributed by atoms with Crippen LogP contribution in [0.2, 0.25) is 0 Å². The summed E-state index contributed by atoms with van der Waals surface area (Å²) in [6, 6.07) is 2.06. The van der Waals surface area contributed by atoms with E-state index >= 15 is 0 Å². The SMILES string of the molecule is CCn1c(=O)c2sc3nsc(C#N)c3sc=2c1=O. The summed E-state index contributed by atoms with van der Waals surface area (Å²) in [4.78, 5) is 25.2. The molecular formula is C10H5N3O2S3. The molecule has 1 aromatic rings. The van der Waals surface area contributed by atoms with Crippen LogP contribution in [0.4, 0.5) is 0 Å². The third kappa shape index (κ3) is 1.38. The van der Waals surface area contributed by atoms with Crippen LogP contribution in [-0.4, -0.2) is 8.94 Å². The van der Waals surface area contributed by atoms with Gasteiger partial charge < -0.3 is 0 Å². The lowest BCUT2D eigenvalue weighted by molar-refractivity contribution is 0.714. The minimum Gasteiger partial charge on any atom is -0.273 e. The van der Waals surface area contributed by atoms with Gasteiger partial charge in [0.15, 0.2) is 0 Å². The van der Waals surface area contributed by atoms with Gasteiger partial charge in [0, 0.05) is 6.54 Å². The molecule has 0 saturated heterocycles. The molecule has 0 radical (unpaired) electrons. The molecule has 0 aromatic carbocycles. The summed E-state index contributed by atoms with van der Waals surface area (Å²) in [5.74, 6) is 0. The fraction of sp³-hybridized carbons (Fsp3) is 0.200. The molecule has 0 saturated carbocycles. The maximum atomic E-state index is 12.0. The van der Waals surface area contributed by atoms with Crippen molar-refractivity contribution in [1.82, 2.24) is 8.94 Å². The normalized spacial score (nSPS) is 11.1. The van der Waals surface area contributed by atoms with Crippen LogP contribution in [0.1, 0.15) is 11.8 Å². The zero-order valence-corrected chi connectivity index (χ0v) is 11.5. The van der Waals surface area contributed by atoms with Crippen molar-refractivity contribution < 1.29 is 0 Å². The number of nitriles is 1. The lowest BCUT2D eigenvalue weighted by atomic mass is 10.5. The summed E-state index contributed by atoms with van der Waals surface area (Å²) in [6.07, 6.45) is 0. The van der Waals surface area contributed by atoms with Crippen LogP contribution in [0.15, 0.2) is 9.59 Å². The molecule has 2 aliphatic rings. The number of rotatable bonds is 1. The van der Waals surface area contributed by atoms with E-state index in [0.717, 1.165) is 11.5 Å². The Labute approximate surface area is 112 Å². The minimum absolute atomic E-state index is 0.257. The van der Waals surface area contributed by atoms with Crippen LogP contribution in [-0.2, 0) is 6.54 Å². The van der Waals surface area contributed by atoms with Gasteiger partial charge in [0.1, 0.15) is 24.8 Å². The molecule has 2 aliphatic heterocycles. The summed E-state index contributed by atoms with van der Waals surface area (Å²) in [6.45, 7) is 2.12. The Kier molecular flexibility index (Phi) is 2.55. The molecule has 0 unspecified atom stereocenters. The van der Waals surface area contributed by atoms with Crippen LogP contribution >= 0.6 is 34.2 Å². The van der Waals surface area contributed by atoms with Crippen LogP contribution < -0.4 is 11.1 Å². The van der Waals surface area contributed by atoms with Crippen LogP contribution in [0.3, 0.4) is 0 Å². The molecular weight excluding hydrogens is 290 g/mol. The molecule has 1 aromatic heterocycles. The van der Waals surface area contributed by atoms with Crippen molar-refractivity contribution in [2.45, 2.75) is 13.5 Å². The number of hydrogen-bond donors (Lipinski definition) is 0. The largest absolute Gasteiger partial charge is 0.273 e. The molecule has 0 spiro atoms. The van der Waals surface area contributed by atoms with Gasteiger partial charge in [0.2, 0.25) is 0 Å². The Morgan fingerprint density at radius 1 is 1.28 bits per heavy atom. The van der Waals surface area contributed by atoms with E-state index in [0.29, 0.717) is 30.0 Å². The highest BCUT2D eigenvalue weighted by atomic mass is 32.1.